The minimum Gasteiger partial charge on any atom is -0.512 e. The van der Waals surface area contributed by atoms with Crippen LogP contribution in [0.2, 0.25) is 0 Å². The molecule has 0 unspecified atom stereocenters. The molecule has 3 N–H and O–H groups in total. The van der Waals surface area contributed by atoms with E-state index in [0.29, 0.717) is 33.4 Å². The lowest BCUT2D eigenvalue weighted by atomic mass is 9.97. The minimum atomic E-state index is -0.308. The molecular weight excluding hydrogens is 394 g/mol. The lowest BCUT2D eigenvalue weighted by molar-refractivity contribution is 0.409. The summed E-state index contributed by atoms with van der Waals surface area (Å²) >= 11 is 0. The van der Waals surface area contributed by atoms with Gasteiger partial charge in [-0.05, 0) is 45.0 Å². The van der Waals surface area contributed by atoms with Gasteiger partial charge in [0.25, 0.3) is 0 Å². The molecule has 1 aromatic carbocycles. The van der Waals surface area contributed by atoms with Gasteiger partial charge in [-0.2, -0.15) is 0 Å². The molecular formula is C23H23N5O3. The van der Waals surface area contributed by atoms with Gasteiger partial charge in [0.15, 0.2) is 0 Å². The van der Waals surface area contributed by atoms with E-state index in [-0.39, 0.29) is 23.2 Å². The van der Waals surface area contributed by atoms with E-state index < -0.39 is 0 Å². The first-order chi connectivity index (χ1) is 14.8. The molecule has 31 heavy (non-hydrogen) atoms. The minimum absolute atomic E-state index is 0.0218. The van der Waals surface area contributed by atoms with Crippen LogP contribution in [0.3, 0.4) is 0 Å². The van der Waals surface area contributed by atoms with Crippen molar-refractivity contribution in [3.63, 3.8) is 0 Å². The maximum Gasteiger partial charge on any atom is 0.327 e. The number of ether oxygens (including phenoxy) is 1. The number of aliphatic hydroxyl groups is 1. The van der Waals surface area contributed by atoms with Crippen molar-refractivity contribution in [2.75, 3.05) is 7.11 Å². The van der Waals surface area contributed by atoms with E-state index in [9.17, 15) is 9.90 Å². The van der Waals surface area contributed by atoms with E-state index in [1.54, 1.807) is 36.0 Å². The number of pyridine rings is 2. The van der Waals surface area contributed by atoms with E-state index in [1.165, 1.54) is 14.0 Å². The number of fused-ring (bicyclic) bond motifs is 3. The molecule has 0 aliphatic carbocycles. The number of aliphatic hydroxyl groups excluding tert-OH is 1. The summed E-state index contributed by atoms with van der Waals surface area (Å²) in [6.45, 7) is 5.06. The number of nitrogens with one attached hydrogen (secondary N) is 2. The van der Waals surface area contributed by atoms with E-state index in [4.69, 9.17) is 10.1 Å². The first kappa shape index (κ1) is 20.3. The molecule has 8 nitrogen and oxygen atoms in total. The molecule has 158 valence electrons. The summed E-state index contributed by atoms with van der Waals surface area (Å²) < 4.78 is 7.26. The van der Waals surface area contributed by atoms with Crippen LogP contribution < -0.4 is 10.4 Å². The predicted molar refractivity (Wildman–Crippen MR) is 121 cm³/mol. The lowest BCUT2D eigenvalue weighted by Gasteiger charge is -2.16. The highest BCUT2D eigenvalue weighted by Crippen LogP contribution is 2.35. The van der Waals surface area contributed by atoms with Crippen LogP contribution in [-0.2, 0) is 0 Å². The molecule has 1 atom stereocenters. The summed E-state index contributed by atoms with van der Waals surface area (Å²) in [5, 5.41) is 18.9. The smallest absolute Gasteiger partial charge is 0.327 e. The van der Waals surface area contributed by atoms with Crippen molar-refractivity contribution >= 4 is 33.2 Å². The molecule has 4 aromatic rings. The Kier molecular flexibility index (Phi) is 5.06. The van der Waals surface area contributed by atoms with Crippen LogP contribution in [-0.4, -0.2) is 37.4 Å². The van der Waals surface area contributed by atoms with Gasteiger partial charge in [-0.15, -0.1) is 0 Å². The largest absolute Gasteiger partial charge is 0.512 e. The molecule has 3 heterocycles. The summed E-state index contributed by atoms with van der Waals surface area (Å²) in [4.78, 5) is 24.6. The Balaban J connectivity index is 2.06. The SMILES string of the molecule is COc1cc2c(cc1/C(C(C)=N)=C(\C)O)ncc1[nH]c(=O)n([C@H](C)c3ccccn3)c12. The van der Waals surface area contributed by atoms with Crippen molar-refractivity contribution in [1.82, 2.24) is 19.5 Å². The zero-order valence-corrected chi connectivity index (χ0v) is 17.7. The number of benzene rings is 1. The fourth-order valence-corrected chi connectivity index (χ4v) is 3.99. The number of imidazole rings is 1. The van der Waals surface area contributed by atoms with Crippen molar-refractivity contribution in [2.45, 2.75) is 26.8 Å². The Labute approximate surface area is 178 Å². The monoisotopic (exact) mass is 417 g/mol. The average Bonchev–Trinajstić information content (AvgIpc) is 3.09. The second kappa shape index (κ2) is 7.71. The molecule has 3 aromatic heterocycles. The third-order valence-corrected chi connectivity index (χ3v) is 5.37. The average molecular weight is 417 g/mol. The molecule has 0 aliphatic rings. The lowest BCUT2D eigenvalue weighted by Crippen LogP contribution is -2.21. The third kappa shape index (κ3) is 3.35. The second-order valence-corrected chi connectivity index (χ2v) is 7.41. The number of H-pyrrole nitrogens is 1. The number of allylic oxidation sites excluding steroid dienone is 2. The zero-order valence-electron chi connectivity index (χ0n) is 17.7. The van der Waals surface area contributed by atoms with Gasteiger partial charge >= 0.3 is 5.69 Å². The van der Waals surface area contributed by atoms with Gasteiger partial charge in [0, 0.05) is 28.4 Å². The van der Waals surface area contributed by atoms with Gasteiger partial charge in [0.2, 0.25) is 0 Å². The van der Waals surface area contributed by atoms with Crippen LogP contribution in [0.25, 0.3) is 27.5 Å². The van der Waals surface area contributed by atoms with Gasteiger partial charge in [0.05, 0.1) is 47.4 Å². The Morgan fingerprint density at radius 3 is 2.65 bits per heavy atom. The molecule has 0 radical (unpaired) electrons. The van der Waals surface area contributed by atoms with Gasteiger partial charge in [0.1, 0.15) is 5.75 Å². The quantitative estimate of drug-likeness (QED) is 0.332. The summed E-state index contributed by atoms with van der Waals surface area (Å²) in [5.74, 6) is 0.496. The number of aromatic nitrogens is 4. The zero-order chi connectivity index (χ0) is 22.3. The third-order valence-electron chi connectivity index (χ3n) is 5.37. The number of hydrogen-bond acceptors (Lipinski definition) is 6. The molecule has 0 spiro atoms. The van der Waals surface area contributed by atoms with Gasteiger partial charge in [-0.1, -0.05) is 6.07 Å². The fourth-order valence-electron chi connectivity index (χ4n) is 3.99. The normalized spacial score (nSPS) is 13.3. The number of rotatable bonds is 5. The number of nitrogens with zero attached hydrogens (tertiary/aromatic N) is 3. The van der Waals surface area contributed by atoms with Crippen LogP contribution >= 0.6 is 0 Å². The van der Waals surface area contributed by atoms with Crippen LogP contribution in [0.5, 0.6) is 5.75 Å². The van der Waals surface area contributed by atoms with Crippen LogP contribution in [0.1, 0.15) is 38.1 Å². The van der Waals surface area contributed by atoms with E-state index in [1.807, 2.05) is 25.1 Å². The predicted octanol–water partition coefficient (Wildman–Crippen LogP) is 4.22. The maximum absolute atomic E-state index is 12.9. The molecule has 4 rings (SSSR count). The molecule has 0 saturated carbocycles. The Hall–Kier alpha value is -3.94. The number of aromatic amines is 1. The number of methoxy groups -OCH3 is 1. The Bertz CT molecular complexity index is 1400. The second-order valence-electron chi connectivity index (χ2n) is 7.41. The summed E-state index contributed by atoms with van der Waals surface area (Å²) in [5.41, 5.74) is 3.58. The Morgan fingerprint density at radius 2 is 2.03 bits per heavy atom. The number of hydrogen-bond donors (Lipinski definition) is 3. The standard InChI is InChI=1S/C23H23N5O3/c1-12(24)21(14(3)29)16-9-18-15(10-20(16)31-4)22-19(11-26-18)27-23(30)28(22)13(2)17-7-5-6-8-25-17/h5-11,13,24,29H,1-4H3,(H,27,30)/b21-14+,24-12?/t13-/m1/s1. The van der Waals surface area contributed by atoms with Crippen molar-refractivity contribution in [3.05, 3.63) is 70.2 Å². The van der Waals surface area contributed by atoms with Crippen molar-refractivity contribution < 1.29 is 9.84 Å². The van der Waals surface area contributed by atoms with Crippen molar-refractivity contribution in [1.29, 1.82) is 5.41 Å². The van der Waals surface area contributed by atoms with E-state index in [2.05, 4.69) is 15.0 Å². The highest BCUT2D eigenvalue weighted by atomic mass is 16.5. The molecule has 0 amide bonds. The summed E-state index contributed by atoms with van der Waals surface area (Å²) in [7, 11) is 1.53. The molecule has 8 heteroatoms. The summed E-state index contributed by atoms with van der Waals surface area (Å²) in [6, 6.07) is 8.86. The first-order valence-corrected chi connectivity index (χ1v) is 9.81. The molecule has 0 saturated heterocycles. The van der Waals surface area contributed by atoms with E-state index >= 15 is 0 Å². The highest BCUT2D eigenvalue weighted by Gasteiger charge is 2.21. The first-order valence-electron chi connectivity index (χ1n) is 9.81. The van der Waals surface area contributed by atoms with Crippen LogP contribution in [0, 0.1) is 5.41 Å². The maximum atomic E-state index is 12.9. The Morgan fingerprint density at radius 1 is 1.26 bits per heavy atom. The molecule has 0 fully saturated rings. The van der Waals surface area contributed by atoms with Gasteiger partial charge in [-0.25, -0.2) is 4.79 Å². The van der Waals surface area contributed by atoms with Crippen molar-refractivity contribution in [2.24, 2.45) is 0 Å². The highest BCUT2D eigenvalue weighted by molar-refractivity contribution is 6.23. The van der Waals surface area contributed by atoms with Crippen molar-refractivity contribution in [3.8, 4) is 5.75 Å². The van der Waals surface area contributed by atoms with Gasteiger partial charge in [-0.3, -0.25) is 14.5 Å². The molecule has 0 aliphatic heterocycles. The van der Waals surface area contributed by atoms with Crippen LogP contribution in [0.4, 0.5) is 0 Å². The van der Waals surface area contributed by atoms with Gasteiger partial charge < -0.3 is 20.2 Å². The molecule has 0 bridgehead atoms. The topological polar surface area (TPSA) is 117 Å². The summed E-state index contributed by atoms with van der Waals surface area (Å²) in [6.07, 6.45) is 3.31. The van der Waals surface area contributed by atoms with Crippen LogP contribution in [0.15, 0.2) is 53.3 Å². The van der Waals surface area contributed by atoms with E-state index in [0.717, 1.165) is 11.1 Å². The fraction of sp³-hybridized carbons (Fsp3) is 0.217.